The van der Waals surface area contributed by atoms with E-state index in [4.69, 9.17) is 0 Å². The second-order valence-electron chi connectivity index (χ2n) is 5.37. The van der Waals surface area contributed by atoms with Crippen LogP contribution in [-0.4, -0.2) is 36.1 Å². The Morgan fingerprint density at radius 3 is 2.76 bits per heavy atom. The number of rotatable bonds is 8. The molecule has 128 valence electrons. The molecule has 0 amide bonds. The molecule has 6 nitrogen and oxygen atoms in total. The molecule has 0 atom stereocenters. The smallest absolute Gasteiger partial charge is 0.192 e. The van der Waals surface area contributed by atoms with E-state index in [1.54, 1.807) is 12.3 Å². The molecule has 2 aromatic heterocycles. The number of hydrogen-bond donors (Lipinski definition) is 0. The molecule has 0 radical (unpaired) electrons. The first kappa shape index (κ1) is 17.2. The summed E-state index contributed by atoms with van der Waals surface area (Å²) in [7, 11) is 0. The Balaban J connectivity index is 1.79. The Kier molecular flexibility index (Phi) is 5.45. The molecule has 0 spiro atoms. The number of hydrogen-bond acceptors (Lipinski definition) is 5. The zero-order chi connectivity index (χ0) is 17.6. The van der Waals surface area contributed by atoms with E-state index in [-0.39, 0.29) is 5.78 Å². The van der Waals surface area contributed by atoms with Crippen molar-refractivity contribution in [2.45, 2.75) is 25.2 Å². The lowest BCUT2D eigenvalue weighted by atomic mass is 10.2. The van der Waals surface area contributed by atoms with Gasteiger partial charge in [0, 0.05) is 24.8 Å². The third-order valence-electron chi connectivity index (χ3n) is 3.67. The molecule has 0 aliphatic heterocycles. The number of aromatic nitrogens is 5. The molecule has 7 heteroatoms. The topological polar surface area (TPSA) is 65.6 Å². The van der Waals surface area contributed by atoms with E-state index in [0.717, 1.165) is 17.9 Å². The summed E-state index contributed by atoms with van der Waals surface area (Å²) in [5.41, 5.74) is 1.60. The molecule has 0 bridgehead atoms. The largest absolute Gasteiger partial charge is 0.298 e. The van der Waals surface area contributed by atoms with Crippen LogP contribution in [0.4, 0.5) is 0 Å². The number of carbonyl (C=O) groups excluding carboxylic acids is 1. The first-order valence-corrected chi connectivity index (χ1v) is 8.99. The normalized spacial score (nSPS) is 10.8. The van der Waals surface area contributed by atoms with Gasteiger partial charge in [0.15, 0.2) is 16.8 Å². The molecule has 0 aliphatic carbocycles. The van der Waals surface area contributed by atoms with Crippen LogP contribution in [-0.2, 0) is 13.1 Å². The second kappa shape index (κ2) is 7.94. The predicted octanol–water partition coefficient (Wildman–Crippen LogP) is 3.32. The van der Waals surface area contributed by atoms with Crippen molar-refractivity contribution >= 4 is 17.5 Å². The maximum atomic E-state index is 12.3. The Morgan fingerprint density at radius 2 is 2.08 bits per heavy atom. The third-order valence-corrected chi connectivity index (χ3v) is 4.64. The number of nitrogens with zero attached hydrogens (tertiary/aromatic N) is 5. The van der Waals surface area contributed by atoms with E-state index in [2.05, 4.69) is 21.9 Å². The summed E-state index contributed by atoms with van der Waals surface area (Å²) in [5, 5.41) is 13.5. The van der Waals surface area contributed by atoms with Crippen molar-refractivity contribution in [2.75, 3.05) is 5.75 Å². The van der Waals surface area contributed by atoms with Gasteiger partial charge in [0.2, 0.25) is 0 Å². The van der Waals surface area contributed by atoms with E-state index < -0.39 is 0 Å². The van der Waals surface area contributed by atoms with Gasteiger partial charge in [-0.25, -0.2) is 0 Å². The standard InChI is InChI=1S/C18H19N5OS/c1-3-10-23-17(15-11-19-22(4-2)12-15)20-21-18(23)25-13-16(24)14-8-6-5-7-9-14/h3,5-9,11-12H,1,4,10,13H2,2H3. The van der Waals surface area contributed by atoms with Crippen LogP contribution in [0.25, 0.3) is 11.4 Å². The molecular formula is C18H19N5OS. The molecular weight excluding hydrogens is 334 g/mol. The quantitative estimate of drug-likeness (QED) is 0.353. The van der Waals surface area contributed by atoms with Crippen molar-refractivity contribution in [1.82, 2.24) is 24.5 Å². The predicted molar refractivity (Wildman–Crippen MR) is 98.6 cm³/mol. The average molecular weight is 353 g/mol. The van der Waals surface area contributed by atoms with Crippen molar-refractivity contribution in [3.8, 4) is 11.4 Å². The third kappa shape index (κ3) is 3.88. The lowest BCUT2D eigenvalue weighted by Crippen LogP contribution is -2.05. The fourth-order valence-electron chi connectivity index (χ4n) is 2.39. The summed E-state index contributed by atoms with van der Waals surface area (Å²) in [6, 6.07) is 9.26. The summed E-state index contributed by atoms with van der Waals surface area (Å²) >= 11 is 1.38. The number of carbonyl (C=O) groups is 1. The van der Waals surface area contributed by atoms with Crippen molar-refractivity contribution in [3.05, 3.63) is 60.9 Å². The number of Topliss-reactive ketones (excluding diaryl/α,β-unsaturated/α-hetero) is 1. The highest BCUT2D eigenvalue weighted by Crippen LogP contribution is 2.24. The van der Waals surface area contributed by atoms with Crippen LogP contribution in [0, 0.1) is 0 Å². The molecule has 3 rings (SSSR count). The van der Waals surface area contributed by atoms with Crippen LogP contribution < -0.4 is 0 Å². The van der Waals surface area contributed by atoms with E-state index in [1.165, 1.54) is 11.8 Å². The second-order valence-corrected chi connectivity index (χ2v) is 6.31. The van der Waals surface area contributed by atoms with Gasteiger partial charge in [-0.3, -0.25) is 14.0 Å². The van der Waals surface area contributed by atoms with Gasteiger partial charge < -0.3 is 0 Å². The zero-order valence-corrected chi connectivity index (χ0v) is 14.8. The first-order valence-electron chi connectivity index (χ1n) is 8.01. The van der Waals surface area contributed by atoms with Crippen molar-refractivity contribution < 1.29 is 4.79 Å². The Hall–Kier alpha value is -2.67. The van der Waals surface area contributed by atoms with E-state index >= 15 is 0 Å². The molecule has 0 fully saturated rings. The summed E-state index contributed by atoms with van der Waals surface area (Å²) in [5.74, 6) is 1.11. The molecule has 0 N–H and O–H groups in total. The van der Waals surface area contributed by atoms with Gasteiger partial charge in [-0.2, -0.15) is 5.10 Å². The minimum absolute atomic E-state index is 0.0686. The lowest BCUT2D eigenvalue weighted by molar-refractivity contribution is 0.102. The Bertz CT molecular complexity index is 869. The summed E-state index contributed by atoms with van der Waals surface area (Å²) < 4.78 is 3.79. The molecule has 25 heavy (non-hydrogen) atoms. The number of benzene rings is 1. The van der Waals surface area contributed by atoms with Crippen LogP contribution in [0.3, 0.4) is 0 Å². The van der Waals surface area contributed by atoms with Crippen molar-refractivity contribution in [3.63, 3.8) is 0 Å². The maximum absolute atomic E-state index is 12.3. The SMILES string of the molecule is C=CCn1c(SCC(=O)c2ccccc2)nnc1-c1cnn(CC)c1. The van der Waals surface area contributed by atoms with E-state index in [1.807, 2.05) is 52.7 Å². The average Bonchev–Trinajstić information content (AvgIpc) is 3.27. The van der Waals surface area contributed by atoms with Gasteiger partial charge in [0.1, 0.15) is 0 Å². The minimum Gasteiger partial charge on any atom is -0.298 e. The molecule has 0 saturated carbocycles. The first-order chi connectivity index (χ1) is 12.2. The van der Waals surface area contributed by atoms with Crippen LogP contribution in [0.2, 0.25) is 0 Å². The zero-order valence-electron chi connectivity index (χ0n) is 14.0. The van der Waals surface area contributed by atoms with Gasteiger partial charge in [-0.1, -0.05) is 48.2 Å². The van der Waals surface area contributed by atoms with Gasteiger partial charge in [0.05, 0.1) is 17.5 Å². The molecule has 1 aromatic carbocycles. The highest BCUT2D eigenvalue weighted by molar-refractivity contribution is 7.99. The minimum atomic E-state index is 0.0686. The Morgan fingerprint density at radius 1 is 1.28 bits per heavy atom. The fraction of sp³-hybridized carbons (Fsp3) is 0.222. The fourth-order valence-corrected chi connectivity index (χ4v) is 3.23. The number of allylic oxidation sites excluding steroid dienone is 1. The van der Waals surface area contributed by atoms with Crippen LogP contribution in [0.15, 0.2) is 60.5 Å². The molecule has 0 unspecified atom stereocenters. The molecule has 0 saturated heterocycles. The monoisotopic (exact) mass is 353 g/mol. The highest BCUT2D eigenvalue weighted by Gasteiger charge is 2.16. The van der Waals surface area contributed by atoms with Crippen molar-refractivity contribution in [2.24, 2.45) is 0 Å². The summed E-state index contributed by atoms with van der Waals surface area (Å²) in [6.45, 7) is 7.20. The number of thioether (sulfide) groups is 1. The lowest BCUT2D eigenvalue weighted by Gasteiger charge is -2.06. The molecule has 2 heterocycles. The van der Waals surface area contributed by atoms with E-state index in [0.29, 0.717) is 23.0 Å². The van der Waals surface area contributed by atoms with Gasteiger partial charge in [-0.05, 0) is 6.92 Å². The maximum Gasteiger partial charge on any atom is 0.192 e. The van der Waals surface area contributed by atoms with Crippen LogP contribution in [0.1, 0.15) is 17.3 Å². The van der Waals surface area contributed by atoms with E-state index in [9.17, 15) is 4.79 Å². The molecule has 3 aromatic rings. The molecule has 0 aliphatic rings. The highest BCUT2D eigenvalue weighted by atomic mass is 32.2. The van der Waals surface area contributed by atoms with Crippen molar-refractivity contribution in [1.29, 1.82) is 0 Å². The van der Waals surface area contributed by atoms with Crippen LogP contribution >= 0.6 is 11.8 Å². The number of aryl methyl sites for hydroxylation is 1. The summed E-state index contributed by atoms with van der Waals surface area (Å²) in [6.07, 6.45) is 5.50. The van der Waals surface area contributed by atoms with Gasteiger partial charge in [-0.15, -0.1) is 16.8 Å². The van der Waals surface area contributed by atoms with Gasteiger partial charge >= 0.3 is 0 Å². The number of ketones is 1. The van der Waals surface area contributed by atoms with Crippen LogP contribution in [0.5, 0.6) is 0 Å². The van der Waals surface area contributed by atoms with Gasteiger partial charge in [0.25, 0.3) is 0 Å². The summed E-state index contributed by atoms with van der Waals surface area (Å²) in [4.78, 5) is 12.3. The Labute approximate surface area is 150 Å².